The van der Waals surface area contributed by atoms with Crippen molar-refractivity contribution in [1.29, 1.82) is 0 Å². The number of fused-ring (bicyclic) bond motifs is 1. The van der Waals surface area contributed by atoms with Gasteiger partial charge in [-0.3, -0.25) is 24.8 Å². The summed E-state index contributed by atoms with van der Waals surface area (Å²) in [5, 5.41) is 11.4. The Morgan fingerprint density at radius 1 is 1.16 bits per heavy atom. The minimum absolute atomic E-state index is 0.0619. The highest BCUT2D eigenvalue weighted by molar-refractivity contribution is 7.22. The van der Waals surface area contributed by atoms with Crippen LogP contribution in [-0.4, -0.2) is 20.8 Å². The number of rotatable bonds is 6. The molecule has 9 heteroatoms. The van der Waals surface area contributed by atoms with Gasteiger partial charge in [-0.15, -0.1) is 0 Å². The third kappa shape index (κ3) is 4.78. The van der Waals surface area contributed by atoms with E-state index in [1.165, 1.54) is 52.7 Å². The monoisotopic (exact) mass is 434 g/mol. The fraction of sp³-hybridized carbons (Fsp3) is 0.0455. The van der Waals surface area contributed by atoms with Crippen LogP contribution < -0.4 is 4.90 Å². The van der Waals surface area contributed by atoms with E-state index in [0.717, 1.165) is 0 Å². The Morgan fingerprint density at radius 3 is 2.81 bits per heavy atom. The molecule has 0 radical (unpaired) electrons. The molecule has 0 saturated heterocycles. The highest BCUT2D eigenvalue weighted by Crippen LogP contribution is 2.30. The number of aromatic nitrogens is 2. The van der Waals surface area contributed by atoms with E-state index < -0.39 is 4.92 Å². The molecule has 4 rings (SSSR count). The first-order valence-electron chi connectivity index (χ1n) is 9.19. The number of carbonyl (C=O) groups is 1. The highest BCUT2D eigenvalue weighted by Gasteiger charge is 2.19. The number of hydrogen-bond acceptors (Lipinski definition) is 6. The van der Waals surface area contributed by atoms with Gasteiger partial charge < -0.3 is 0 Å². The van der Waals surface area contributed by atoms with Crippen LogP contribution >= 0.6 is 11.3 Å². The number of carbonyl (C=O) groups excluding carboxylic acids is 1. The lowest BCUT2D eigenvalue weighted by Crippen LogP contribution is -2.29. The molecule has 0 fully saturated rings. The number of nitro benzene ring substituents is 1. The quantitative estimate of drug-likeness (QED) is 0.242. The van der Waals surface area contributed by atoms with Crippen LogP contribution in [0.2, 0.25) is 0 Å². The maximum absolute atomic E-state index is 13.6. The van der Waals surface area contributed by atoms with E-state index in [1.54, 1.807) is 36.5 Å². The van der Waals surface area contributed by atoms with E-state index in [1.807, 2.05) is 6.07 Å². The predicted octanol–water partition coefficient (Wildman–Crippen LogP) is 4.99. The fourth-order valence-electron chi connectivity index (χ4n) is 2.89. The number of amides is 1. The third-order valence-corrected chi connectivity index (χ3v) is 5.42. The van der Waals surface area contributed by atoms with Crippen LogP contribution in [0.5, 0.6) is 0 Å². The van der Waals surface area contributed by atoms with Crippen LogP contribution in [0.4, 0.5) is 15.2 Å². The largest absolute Gasteiger partial charge is 0.278 e. The lowest BCUT2D eigenvalue weighted by atomic mass is 10.2. The van der Waals surface area contributed by atoms with E-state index in [4.69, 9.17) is 0 Å². The van der Waals surface area contributed by atoms with Crippen molar-refractivity contribution in [2.24, 2.45) is 0 Å². The van der Waals surface area contributed by atoms with Crippen molar-refractivity contribution in [3.63, 3.8) is 0 Å². The number of pyridine rings is 1. The van der Waals surface area contributed by atoms with Crippen molar-refractivity contribution in [3.8, 4) is 0 Å². The Labute approximate surface area is 180 Å². The van der Waals surface area contributed by atoms with Gasteiger partial charge in [-0.25, -0.2) is 9.37 Å². The molecule has 0 aliphatic heterocycles. The zero-order valence-corrected chi connectivity index (χ0v) is 16.8. The summed E-state index contributed by atoms with van der Waals surface area (Å²) in [5.41, 5.74) is 1.70. The SMILES string of the molecule is O=C(C=Cc1cccc([N+](=O)[O-])c1)N(Cc1ccccn1)c1nc2ccc(F)cc2s1. The van der Waals surface area contributed by atoms with Crippen molar-refractivity contribution in [2.45, 2.75) is 6.54 Å². The van der Waals surface area contributed by atoms with Gasteiger partial charge in [0.1, 0.15) is 5.82 Å². The van der Waals surface area contributed by atoms with E-state index in [0.29, 0.717) is 26.6 Å². The van der Waals surface area contributed by atoms with Crippen LogP contribution in [0.15, 0.2) is 72.9 Å². The van der Waals surface area contributed by atoms with Gasteiger partial charge in [0.05, 0.1) is 27.4 Å². The van der Waals surface area contributed by atoms with Gasteiger partial charge in [0.25, 0.3) is 11.6 Å². The van der Waals surface area contributed by atoms with Gasteiger partial charge in [-0.05, 0) is 42.0 Å². The van der Waals surface area contributed by atoms with Crippen LogP contribution in [0.1, 0.15) is 11.3 Å². The Kier molecular flexibility index (Phi) is 5.76. The molecule has 0 aliphatic carbocycles. The first-order valence-corrected chi connectivity index (χ1v) is 10.0. The zero-order valence-electron chi connectivity index (χ0n) is 16.0. The average Bonchev–Trinajstić information content (AvgIpc) is 3.19. The van der Waals surface area contributed by atoms with Gasteiger partial charge in [0, 0.05) is 24.4 Å². The number of nitrogens with zero attached hydrogens (tertiary/aromatic N) is 4. The molecule has 7 nitrogen and oxygen atoms in total. The Bertz CT molecular complexity index is 1290. The third-order valence-electron chi connectivity index (χ3n) is 4.38. The topological polar surface area (TPSA) is 89.2 Å². The molecule has 0 bridgehead atoms. The van der Waals surface area contributed by atoms with Gasteiger partial charge in [0.2, 0.25) is 0 Å². The summed E-state index contributed by atoms with van der Waals surface area (Å²) < 4.78 is 14.2. The number of non-ortho nitro benzene ring substituents is 1. The second-order valence-electron chi connectivity index (χ2n) is 6.54. The van der Waals surface area contributed by atoms with Crippen LogP contribution in [0.3, 0.4) is 0 Å². The summed E-state index contributed by atoms with van der Waals surface area (Å²) in [6.45, 7) is 0.168. The predicted molar refractivity (Wildman–Crippen MR) is 117 cm³/mol. The summed E-state index contributed by atoms with van der Waals surface area (Å²) in [5.74, 6) is -0.757. The maximum atomic E-state index is 13.6. The Balaban J connectivity index is 1.66. The highest BCUT2D eigenvalue weighted by atomic mass is 32.1. The summed E-state index contributed by atoms with van der Waals surface area (Å²) in [7, 11) is 0. The molecular formula is C22H15FN4O3S. The molecular weight excluding hydrogens is 419 g/mol. The fourth-order valence-corrected chi connectivity index (χ4v) is 3.89. The van der Waals surface area contributed by atoms with Crippen molar-refractivity contribution < 1.29 is 14.1 Å². The molecule has 0 aliphatic rings. The minimum Gasteiger partial charge on any atom is -0.278 e. The van der Waals surface area contributed by atoms with Crippen LogP contribution in [-0.2, 0) is 11.3 Å². The molecule has 0 N–H and O–H groups in total. The molecule has 4 aromatic rings. The molecule has 0 spiro atoms. The summed E-state index contributed by atoms with van der Waals surface area (Å²) in [6.07, 6.45) is 4.47. The lowest BCUT2D eigenvalue weighted by Gasteiger charge is -2.17. The molecule has 154 valence electrons. The van der Waals surface area contributed by atoms with Crippen molar-refractivity contribution in [3.05, 3.63) is 100 Å². The molecule has 1 amide bonds. The maximum Gasteiger partial charge on any atom is 0.270 e. The molecule has 0 saturated carbocycles. The molecule has 0 atom stereocenters. The number of benzene rings is 2. The van der Waals surface area contributed by atoms with Gasteiger partial charge in [0.15, 0.2) is 5.13 Å². The van der Waals surface area contributed by atoms with Crippen molar-refractivity contribution in [2.75, 3.05) is 4.90 Å². The Morgan fingerprint density at radius 2 is 2.03 bits per heavy atom. The summed E-state index contributed by atoms with van der Waals surface area (Å²) >= 11 is 1.20. The van der Waals surface area contributed by atoms with Crippen molar-refractivity contribution >= 4 is 44.4 Å². The van der Waals surface area contributed by atoms with Crippen LogP contribution in [0.25, 0.3) is 16.3 Å². The van der Waals surface area contributed by atoms with E-state index >= 15 is 0 Å². The molecule has 0 unspecified atom stereocenters. The Hall–Kier alpha value is -3.98. The number of thiazole rings is 1. The van der Waals surface area contributed by atoms with Gasteiger partial charge in [-0.2, -0.15) is 0 Å². The van der Waals surface area contributed by atoms with E-state index in [-0.39, 0.29) is 24.0 Å². The normalized spacial score (nSPS) is 11.1. The standard InChI is InChI=1S/C22H15FN4O3S/c23-16-8-9-19-20(13-16)31-22(25-19)26(14-17-5-1-2-11-24-17)21(28)10-7-15-4-3-6-18(12-15)27(29)30/h1-13H,14H2. The molecule has 2 aromatic heterocycles. The zero-order chi connectivity index (χ0) is 21.8. The van der Waals surface area contributed by atoms with Crippen LogP contribution in [0, 0.1) is 15.9 Å². The minimum atomic E-state index is -0.493. The van der Waals surface area contributed by atoms with E-state index in [9.17, 15) is 19.3 Å². The number of halogens is 1. The number of hydrogen-bond donors (Lipinski definition) is 0. The second kappa shape index (κ2) is 8.80. The molecule has 2 heterocycles. The van der Waals surface area contributed by atoms with Gasteiger partial charge in [-0.1, -0.05) is 29.5 Å². The number of anilines is 1. The second-order valence-corrected chi connectivity index (χ2v) is 7.55. The summed E-state index contributed by atoms with van der Waals surface area (Å²) in [4.78, 5) is 33.7. The number of nitro groups is 1. The van der Waals surface area contributed by atoms with Crippen molar-refractivity contribution in [1.82, 2.24) is 9.97 Å². The first-order chi connectivity index (χ1) is 15.0. The summed E-state index contributed by atoms with van der Waals surface area (Å²) in [6, 6.07) is 15.6. The van der Waals surface area contributed by atoms with E-state index in [2.05, 4.69) is 9.97 Å². The molecule has 2 aromatic carbocycles. The average molecular weight is 434 g/mol. The smallest absolute Gasteiger partial charge is 0.270 e. The van der Waals surface area contributed by atoms with Gasteiger partial charge >= 0.3 is 0 Å². The lowest BCUT2D eigenvalue weighted by molar-refractivity contribution is -0.384. The first kappa shape index (κ1) is 20.3. The molecule has 31 heavy (non-hydrogen) atoms.